The van der Waals surface area contributed by atoms with Gasteiger partial charge in [-0.05, 0) is 19.8 Å². The fourth-order valence-electron chi connectivity index (χ4n) is 1.34. The van der Waals surface area contributed by atoms with Gasteiger partial charge < -0.3 is 10.0 Å². The number of hydrogen-bond donors (Lipinski definition) is 1. The molecule has 1 aliphatic rings. The number of allylic oxidation sites excluding steroid dienone is 1. The molecule has 13 heavy (non-hydrogen) atoms. The molecule has 1 heterocycles. The van der Waals surface area contributed by atoms with Crippen LogP contribution in [-0.4, -0.2) is 34.8 Å². The number of aliphatic hydroxyl groups excluding tert-OH is 1. The van der Waals surface area contributed by atoms with E-state index in [1.807, 2.05) is 0 Å². The smallest absolute Gasteiger partial charge is 0.288 e. The maximum atomic E-state index is 11.3. The van der Waals surface area contributed by atoms with Gasteiger partial charge in [-0.2, -0.15) is 0 Å². The molecule has 0 aromatic rings. The van der Waals surface area contributed by atoms with Crippen molar-refractivity contribution >= 4 is 11.7 Å². The number of likely N-dealkylation sites (tertiary alicyclic amines) is 1. The predicted molar refractivity (Wildman–Crippen MR) is 47.2 cm³/mol. The third-order valence-corrected chi connectivity index (χ3v) is 1.95. The summed E-state index contributed by atoms with van der Waals surface area (Å²) in [6.45, 7) is 2.65. The molecule has 72 valence electrons. The van der Waals surface area contributed by atoms with Crippen molar-refractivity contribution in [2.75, 3.05) is 13.1 Å². The maximum absolute atomic E-state index is 11.3. The van der Waals surface area contributed by atoms with Crippen LogP contribution < -0.4 is 0 Å². The van der Waals surface area contributed by atoms with E-state index in [1.54, 1.807) is 4.90 Å². The van der Waals surface area contributed by atoms with Crippen molar-refractivity contribution in [1.82, 2.24) is 4.90 Å². The number of aliphatic hydroxyl groups is 1. The van der Waals surface area contributed by atoms with Crippen molar-refractivity contribution in [3.63, 3.8) is 0 Å². The van der Waals surface area contributed by atoms with Crippen LogP contribution in [0, 0.1) is 0 Å². The molecule has 0 unspecified atom stereocenters. The largest absolute Gasteiger partial charge is 0.503 e. The fraction of sp³-hybridized carbons (Fsp3) is 0.556. The van der Waals surface area contributed by atoms with Gasteiger partial charge >= 0.3 is 0 Å². The molecule has 0 aliphatic carbocycles. The SMILES string of the molecule is CC(=O)C=C(O)C(=O)N1CCCC1. The van der Waals surface area contributed by atoms with E-state index in [9.17, 15) is 14.7 Å². The van der Waals surface area contributed by atoms with Gasteiger partial charge in [0.2, 0.25) is 0 Å². The maximum Gasteiger partial charge on any atom is 0.288 e. The highest BCUT2D eigenvalue weighted by molar-refractivity contribution is 5.99. The summed E-state index contributed by atoms with van der Waals surface area (Å²) in [6, 6.07) is 0. The molecular weight excluding hydrogens is 170 g/mol. The summed E-state index contributed by atoms with van der Waals surface area (Å²) in [5.74, 6) is -1.20. The zero-order valence-corrected chi connectivity index (χ0v) is 7.62. The molecule has 1 aliphatic heterocycles. The third-order valence-electron chi connectivity index (χ3n) is 1.95. The van der Waals surface area contributed by atoms with Crippen LogP contribution >= 0.6 is 0 Å². The molecule has 1 rings (SSSR count). The summed E-state index contributed by atoms with van der Waals surface area (Å²) < 4.78 is 0. The average Bonchev–Trinajstić information content (AvgIpc) is 2.53. The first kappa shape index (κ1) is 9.77. The van der Waals surface area contributed by atoms with Crippen molar-refractivity contribution in [2.24, 2.45) is 0 Å². The molecule has 0 atom stereocenters. The number of ketones is 1. The molecule has 1 fully saturated rings. The zero-order chi connectivity index (χ0) is 9.84. The van der Waals surface area contributed by atoms with Crippen molar-refractivity contribution in [3.05, 3.63) is 11.8 Å². The molecule has 0 saturated carbocycles. The Labute approximate surface area is 76.8 Å². The van der Waals surface area contributed by atoms with Gasteiger partial charge in [0.25, 0.3) is 5.91 Å². The van der Waals surface area contributed by atoms with Crippen molar-refractivity contribution in [1.29, 1.82) is 0 Å². The molecule has 0 aromatic heterocycles. The molecule has 4 nitrogen and oxygen atoms in total. The number of carbonyl (C=O) groups excluding carboxylic acids is 2. The van der Waals surface area contributed by atoms with Crippen LogP contribution in [0.5, 0.6) is 0 Å². The van der Waals surface area contributed by atoms with E-state index in [4.69, 9.17) is 0 Å². The second-order valence-corrected chi connectivity index (χ2v) is 3.14. The molecule has 0 bridgehead atoms. The highest BCUT2D eigenvalue weighted by Gasteiger charge is 2.20. The Bertz CT molecular complexity index is 252. The summed E-state index contributed by atoms with van der Waals surface area (Å²) in [5, 5.41) is 9.20. The van der Waals surface area contributed by atoms with Crippen LogP contribution in [-0.2, 0) is 9.59 Å². The summed E-state index contributed by atoms with van der Waals surface area (Å²) in [7, 11) is 0. The molecule has 4 heteroatoms. The first-order valence-corrected chi connectivity index (χ1v) is 4.32. The van der Waals surface area contributed by atoms with Crippen molar-refractivity contribution in [2.45, 2.75) is 19.8 Å². The van der Waals surface area contributed by atoms with Gasteiger partial charge in [-0.1, -0.05) is 0 Å². The second-order valence-electron chi connectivity index (χ2n) is 3.14. The summed E-state index contributed by atoms with van der Waals surface area (Å²) in [4.78, 5) is 23.5. The minimum absolute atomic E-state index is 0.315. The standard InChI is InChI=1S/C9H13NO3/c1-7(11)6-8(12)9(13)10-4-2-3-5-10/h6,12H,2-5H2,1H3. The van der Waals surface area contributed by atoms with Crippen LogP contribution in [0.25, 0.3) is 0 Å². The van der Waals surface area contributed by atoms with Crippen molar-refractivity contribution < 1.29 is 14.7 Å². The molecular formula is C9H13NO3. The van der Waals surface area contributed by atoms with Gasteiger partial charge in [0, 0.05) is 19.2 Å². The van der Waals surface area contributed by atoms with Crippen molar-refractivity contribution in [3.8, 4) is 0 Å². The first-order chi connectivity index (χ1) is 6.11. The van der Waals surface area contributed by atoms with Gasteiger partial charge in [0.15, 0.2) is 11.5 Å². The Morgan fingerprint density at radius 2 is 1.85 bits per heavy atom. The number of amides is 1. The Balaban J connectivity index is 2.60. The lowest BCUT2D eigenvalue weighted by molar-refractivity contribution is -0.129. The number of nitrogens with zero attached hydrogens (tertiary/aromatic N) is 1. The quantitative estimate of drug-likeness (QED) is 0.505. The fourth-order valence-corrected chi connectivity index (χ4v) is 1.34. The van der Waals surface area contributed by atoms with E-state index >= 15 is 0 Å². The number of rotatable bonds is 2. The van der Waals surface area contributed by atoms with Gasteiger partial charge in [-0.15, -0.1) is 0 Å². The van der Waals surface area contributed by atoms with E-state index in [0.717, 1.165) is 18.9 Å². The van der Waals surface area contributed by atoms with Crippen LogP contribution in [0.2, 0.25) is 0 Å². The molecule has 0 spiro atoms. The number of carbonyl (C=O) groups is 2. The molecule has 1 N–H and O–H groups in total. The Kier molecular flexibility index (Phi) is 3.06. The first-order valence-electron chi connectivity index (χ1n) is 4.32. The van der Waals surface area contributed by atoms with Gasteiger partial charge in [-0.3, -0.25) is 9.59 Å². The van der Waals surface area contributed by atoms with Crippen LogP contribution in [0.1, 0.15) is 19.8 Å². The monoisotopic (exact) mass is 183 g/mol. The second kappa shape index (κ2) is 4.07. The Morgan fingerprint density at radius 1 is 1.31 bits per heavy atom. The Morgan fingerprint density at radius 3 is 2.31 bits per heavy atom. The average molecular weight is 183 g/mol. The molecule has 0 aromatic carbocycles. The van der Waals surface area contributed by atoms with E-state index in [1.165, 1.54) is 6.92 Å². The lowest BCUT2D eigenvalue weighted by Gasteiger charge is -2.13. The van der Waals surface area contributed by atoms with Crippen LogP contribution in [0.3, 0.4) is 0 Å². The van der Waals surface area contributed by atoms with E-state index in [0.29, 0.717) is 13.1 Å². The lowest BCUT2D eigenvalue weighted by Crippen LogP contribution is -2.29. The molecule has 0 radical (unpaired) electrons. The van der Waals surface area contributed by atoms with Gasteiger partial charge in [-0.25, -0.2) is 0 Å². The van der Waals surface area contributed by atoms with E-state index in [-0.39, 0.29) is 5.78 Å². The summed E-state index contributed by atoms with van der Waals surface area (Å²) in [6.07, 6.45) is 2.90. The highest BCUT2D eigenvalue weighted by Crippen LogP contribution is 2.10. The number of hydrogen-bond acceptors (Lipinski definition) is 3. The van der Waals surface area contributed by atoms with Gasteiger partial charge in [0.05, 0.1) is 0 Å². The lowest BCUT2D eigenvalue weighted by atomic mass is 10.3. The highest BCUT2D eigenvalue weighted by atomic mass is 16.3. The zero-order valence-electron chi connectivity index (χ0n) is 7.62. The minimum atomic E-state index is -0.450. The third kappa shape index (κ3) is 2.57. The summed E-state index contributed by atoms with van der Waals surface area (Å²) >= 11 is 0. The van der Waals surface area contributed by atoms with Crippen LogP contribution in [0.4, 0.5) is 0 Å². The predicted octanol–water partition coefficient (Wildman–Crippen LogP) is 0.640. The summed E-state index contributed by atoms with van der Waals surface area (Å²) in [5.41, 5.74) is 0. The molecule has 1 saturated heterocycles. The van der Waals surface area contributed by atoms with Gasteiger partial charge in [0.1, 0.15) is 0 Å². The topological polar surface area (TPSA) is 57.6 Å². The molecule has 1 amide bonds. The van der Waals surface area contributed by atoms with Crippen LogP contribution in [0.15, 0.2) is 11.8 Å². The van der Waals surface area contributed by atoms with E-state index < -0.39 is 11.7 Å². The minimum Gasteiger partial charge on any atom is -0.503 e. The van der Waals surface area contributed by atoms with E-state index in [2.05, 4.69) is 0 Å². The normalized spacial score (nSPS) is 17.6. The Hall–Kier alpha value is -1.32.